The number of pyridine rings is 2. The van der Waals surface area contributed by atoms with Crippen LogP contribution in [0.5, 0.6) is 0 Å². The van der Waals surface area contributed by atoms with Gasteiger partial charge in [0.2, 0.25) is 0 Å². The summed E-state index contributed by atoms with van der Waals surface area (Å²) in [6, 6.07) is 22.9. The predicted molar refractivity (Wildman–Crippen MR) is 127 cm³/mol. The van der Waals surface area contributed by atoms with Gasteiger partial charge in [0.05, 0.1) is 33.9 Å². The number of fused-ring (bicyclic) bond motifs is 3. The lowest BCUT2D eigenvalue weighted by atomic mass is 9.97. The number of hydrogen-bond acceptors (Lipinski definition) is 6. The Bertz CT molecular complexity index is 1650. The maximum atomic E-state index is 10.7. The van der Waals surface area contributed by atoms with Crippen molar-refractivity contribution in [1.82, 2.24) is 14.5 Å². The van der Waals surface area contributed by atoms with Gasteiger partial charge in [-0.2, -0.15) is 13.7 Å². The highest BCUT2D eigenvalue weighted by Gasteiger charge is 2.10. The van der Waals surface area contributed by atoms with Gasteiger partial charge in [-0.25, -0.2) is 4.98 Å². The molecular formula is C25H17N5O2S. The van der Waals surface area contributed by atoms with Crippen LogP contribution in [0.4, 0.5) is 5.69 Å². The van der Waals surface area contributed by atoms with E-state index in [1.807, 2.05) is 29.9 Å². The van der Waals surface area contributed by atoms with Gasteiger partial charge < -0.3 is 4.57 Å². The molecule has 0 aliphatic rings. The molecule has 0 fully saturated rings. The van der Waals surface area contributed by atoms with E-state index in [4.69, 9.17) is 5.26 Å². The maximum Gasteiger partial charge on any atom is 0.316 e. The average Bonchev–Trinajstić information content (AvgIpc) is 3.15. The van der Waals surface area contributed by atoms with E-state index in [1.165, 1.54) is 21.7 Å². The van der Waals surface area contributed by atoms with Crippen molar-refractivity contribution in [3.8, 4) is 6.07 Å². The van der Waals surface area contributed by atoms with E-state index in [2.05, 4.69) is 44.7 Å². The summed E-state index contributed by atoms with van der Waals surface area (Å²) in [5, 5.41) is 12.8. The van der Waals surface area contributed by atoms with E-state index in [0.29, 0.717) is 23.2 Å². The Morgan fingerprint density at radius 2 is 1.76 bits per heavy atom. The molecule has 7 rings (SSSR count). The van der Waals surface area contributed by atoms with Crippen LogP contribution < -0.4 is 0 Å². The smallest absolute Gasteiger partial charge is 0.316 e. The normalized spacial score (nSPS) is 10.9. The molecule has 5 aromatic carbocycles. The molecule has 0 aliphatic carbocycles. The van der Waals surface area contributed by atoms with E-state index in [-0.39, 0.29) is 0 Å². The first kappa shape index (κ1) is 20.5. The standard InChI is InChI=1S/C16H12N4O2S.C9H5N/c1-20-15-7-6-13(19-23(21)22)9-14(15)18-16(20)8-11-2-4-12(10-17)5-3-11;1-2-7-6-4-5-10-9(7)8(6)3-1/h2-7,9H,8H2,1H3;1-5H. The summed E-state index contributed by atoms with van der Waals surface area (Å²) in [6.45, 7) is 0. The Kier molecular flexibility index (Phi) is 5.17. The SMILES string of the molecule is Cn1c(Cc2ccc(C#N)cc2)nc2cc(N=S(=O)=O)ccc21.c1cc2c3ccnc2c3c1. The van der Waals surface area contributed by atoms with Crippen LogP contribution in [0, 0.1) is 11.3 Å². The van der Waals surface area contributed by atoms with Crippen LogP contribution in [0.25, 0.3) is 32.7 Å². The minimum absolute atomic E-state index is 0.355. The molecule has 8 heteroatoms. The zero-order chi connectivity index (χ0) is 22.9. The van der Waals surface area contributed by atoms with Crippen LogP contribution in [-0.4, -0.2) is 23.0 Å². The third-order valence-corrected chi connectivity index (χ3v) is 6.00. The Morgan fingerprint density at radius 3 is 2.36 bits per heavy atom. The van der Waals surface area contributed by atoms with Gasteiger partial charge in [-0.05, 0) is 47.3 Å². The van der Waals surface area contributed by atoms with Gasteiger partial charge in [0.15, 0.2) is 0 Å². The molecule has 2 heterocycles. The highest BCUT2D eigenvalue weighted by molar-refractivity contribution is 7.61. The molecule has 7 nitrogen and oxygen atoms in total. The molecule has 0 spiro atoms. The Morgan fingerprint density at radius 1 is 1.00 bits per heavy atom. The molecule has 0 N–H and O–H groups in total. The van der Waals surface area contributed by atoms with Gasteiger partial charge >= 0.3 is 10.5 Å². The minimum Gasteiger partial charge on any atom is -0.331 e. The monoisotopic (exact) mass is 451 g/mol. The van der Waals surface area contributed by atoms with Crippen LogP contribution in [0.3, 0.4) is 0 Å². The second-order valence-corrected chi connectivity index (χ2v) is 8.23. The zero-order valence-electron chi connectivity index (χ0n) is 17.6. The lowest BCUT2D eigenvalue weighted by molar-refractivity contribution is 0.622. The number of para-hydroxylation sites is 1. The van der Waals surface area contributed by atoms with E-state index >= 15 is 0 Å². The van der Waals surface area contributed by atoms with Crippen molar-refractivity contribution in [2.45, 2.75) is 6.42 Å². The predicted octanol–water partition coefficient (Wildman–Crippen LogP) is 4.99. The molecule has 0 atom stereocenters. The third kappa shape index (κ3) is 3.86. The van der Waals surface area contributed by atoms with Crippen LogP contribution in [0.15, 0.2) is 77.3 Å². The van der Waals surface area contributed by atoms with Crippen molar-refractivity contribution >= 4 is 48.9 Å². The second-order valence-electron chi connectivity index (χ2n) is 7.61. The number of aryl methyl sites for hydroxylation is 1. The fraction of sp³-hybridized carbons (Fsp3) is 0.0800. The number of hydrogen-bond donors (Lipinski definition) is 0. The van der Waals surface area contributed by atoms with E-state index in [9.17, 15) is 8.42 Å². The summed E-state index contributed by atoms with van der Waals surface area (Å²) >= 11 is 0. The van der Waals surface area contributed by atoms with Crippen LogP contribution in [0.2, 0.25) is 0 Å². The summed E-state index contributed by atoms with van der Waals surface area (Å²) in [7, 11) is -0.565. The van der Waals surface area contributed by atoms with Crippen molar-refractivity contribution < 1.29 is 8.42 Å². The summed E-state index contributed by atoms with van der Waals surface area (Å²) in [6.07, 6.45) is 2.49. The van der Waals surface area contributed by atoms with Crippen LogP contribution >= 0.6 is 0 Å². The first-order chi connectivity index (χ1) is 16.0. The minimum atomic E-state index is -2.48. The van der Waals surface area contributed by atoms with Gasteiger partial charge in [-0.15, -0.1) is 4.36 Å². The van der Waals surface area contributed by atoms with Crippen molar-refractivity contribution in [3.63, 3.8) is 0 Å². The van der Waals surface area contributed by atoms with E-state index in [1.54, 1.807) is 30.3 Å². The van der Waals surface area contributed by atoms with Crippen LogP contribution in [0.1, 0.15) is 17.0 Å². The third-order valence-electron chi connectivity index (χ3n) is 5.64. The molecule has 33 heavy (non-hydrogen) atoms. The van der Waals surface area contributed by atoms with E-state index < -0.39 is 10.5 Å². The number of benzene rings is 4. The molecule has 0 aliphatic heterocycles. The summed E-state index contributed by atoms with van der Waals surface area (Å²) in [5.41, 5.74) is 4.81. The second kappa shape index (κ2) is 8.30. The largest absolute Gasteiger partial charge is 0.331 e. The van der Waals surface area contributed by atoms with Gasteiger partial charge in [0, 0.05) is 30.4 Å². The van der Waals surface area contributed by atoms with Gasteiger partial charge in [-0.1, -0.05) is 30.3 Å². The Labute approximate surface area is 190 Å². The lowest BCUT2D eigenvalue weighted by Gasteiger charge is -2.10. The molecule has 0 unspecified atom stereocenters. The molecular weight excluding hydrogens is 434 g/mol. The van der Waals surface area contributed by atoms with Crippen LogP contribution in [-0.2, 0) is 24.0 Å². The van der Waals surface area contributed by atoms with Gasteiger partial charge in [0.1, 0.15) is 5.82 Å². The Hall–Kier alpha value is -4.35. The molecule has 4 bridgehead atoms. The summed E-state index contributed by atoms with van der Waals surface area (Å²) in [5.74, 6) is 0.852. The first-order valence-corrected chi connectivity index (χ1v) is 11.2. The number of nitriles is 1. The zero-order valence-corrected chi connectivity index (χ0v) is 18.4. The highest BCUT2D eigenvalue weighted by Crippen LogP contribution is 2.34. The van der Waals surface area contributed by atoms with Crippen molar-refractivity contribution in [3.05, 3.63) is 89.9 Å². The van der Waals surface area contributed by atoms with Gasteiger partial charge in [0.25, 0.3) is 0 Å². The molecule has 0 saturated heterocycles. The Balaban J connectivity index is 0.000000186. The number of imidazole rings is 1. The topological polar surface area (TPSA) is 101 Å². The molecule has 0 amide bonds. The lowest BCUT2D eigenvalue weighted by Crippen LogP contribution is -1.99. The number of rotatable bonds is 3. The van der Waals surface area contributed by atoms with Crippen molar-refractivity contribution in [1.29, 1.82) is 5.26 Å². The van der Waals surface area contributed by atoms with Crippen molar-refractivity contribution in [2.24, 2.45) is 11.4 Å². The summed E-state index contributed by atoms with van der Waals surface area (Å²) in [4.78, 5) is 8.79. The average molecular weight is 452 g/mol. The highest BCUT2D eigenvalue weighted by atomic mass is 32.2. The molecule has 0 saturated carbocycles. The number of nitrogens with zero attached hydrogens (tertiary/aromatic N) is 5. The quantitative estimate of drug-likeness (QED) is 0.377. The molecule has 2 aromatic heterocycles. The summed E-state index contributed by atoms with van der Waals surface area (Å²) < 4.78 is 26.8. The molecule has 0 radical (unpaired) electrons. The fourth-order valence-electron chi connectivity index (χ4n) is 3.98. The maximum absolute atomic E-state index is 10.7. The molecule has 160 valence electrons. The van der Waals surface area contributed by atoms with Crippen molar-refractivity contribution in [2.75, 3.05) is 0 Å². The van der Waals surface area contributed by atoms with Gasteiger partial charge in [-0.3, -0.25) is 4.98 Å². The van der Waals surface area contributed by atoms with E-state index in [0.717, 1.165) is 16.9 Å². The number of aromatic nitrogens is 3. The first-order valence-electron chi connectivity index (χ1n) is 10.2. The fourth-order valence-corrected chi connectivity index (χ4v) is 4.27. The molecule has 7 aromatic rings.